The highest BCUT2D eigenvalue weighted by atomic mass is 127. The van der Waals surface area contributed by atoms with Crippen LogP contribution in [-0.2, 0) is 0 Å². The number of hydrogen-bond acceptors (Lipinski definition) is 2. The van der Waals surface area contributed by atoms with E-state index in [0.29, 0.717) is 11.4 Å². The second-order valence-electron chi connectivity index (χ2n) is 6.34. The average molecular weight is 464 g/mol. The Balaban J connectivity index is 2.05. The second kappa shape index (κ2) is 7.48. The highest BCUT2D eigenvalue weighted by Crippen LogP contribution is 2.32. The molecule has 0 aliphatic heterocycles. The lowest BCUT2D eigenvalue weighted by atomic mass is 10.1. The van der Waals surface area contributed by atoms with Crippen molar-refractivity contribution in [3.63, 3.8) is 0 Å². The molecular formula is C23H17IN2O. The Morgan fingerprint density at radius 1 is 0.889 bits per heavy atom. The lowest BCUT2D eigenvalue weighted by Gasteiger charge is -2.11. The number of carbonyl (C=O) groups excluding carboxylic acids is 1. The number of aldehydes is 1. The van der Waals surface area contributed by atoms with E-state index in [1.807, 2.05) is 78.2 Å². The maximum atomic E-state index is 12.1. The molecular weight excluding hydrogens is 447 g/mol. The molecule has 1 heterocycles. The number of carbonyl (C=O) groups is 1. The quantitative estimate of drug-likeness (QED) is 0.277. The molecule has 3 nitrogen and oxygen atoms in total. The zero-order chi connectivity index (χ0) is 18.8. The van der Waals surface area contributed by atoms with Crippen molar-refractivity contribution in [2.75, 3.05) is 0 Å². The Hall–Kier alpha value is -2.73. The Bertz CT molecular complexity index is 1120. The Morgan fingerprint density at radius 2 is 1.63 bits per heavy atom. The minimum Gasteiger partial charge on any atom is -0.296 e. The van der Waals surface area contributed by atoms with E-state index < -0.39 is 0 Å². The molecule has 3 aromatic carbocycles. The number of halogens is 1. The first-order valence-corrected chi connectivity index (χ1v) is 9.71. The van der Waals surface area contributed by atoms with Crippen LogP contribution in [-0.4, -0.2) is 15.8 Å². The Labute approximate surface area is 171 Å². The van der Waals surface area contributed by atoms with Gasteiger partial charge in [-0.05, 0) is 59.3 Å². The van der Waals surface area contributed by atoms with Gasteiger partial charge in [-0.15, -0.1) is 0 Å². The van der Waals surface area contributed by atoms with Gasteiger partial charge in [0.2, 0.25) is 0 Å². The number of benzene rings is 3. The van der Waals surface area contributed by atoms with Crippen molar-refractivity contribution >= 4 is 28.9 Å². The lowest BCUT2D eigenvalue weighted by Crippen LogP contribution is -2.02. The molecule has 0 bridgehead atoms. The van der Waals surface area contributed by atoms with E-state index in [1.165, 1.54) is 0 Å². The van der Waals surface area contributed by atoms with Gasteiger partial charge in [0.1, 0.15) is 17.2 Å². The molecule has 4 rings (SSSR count). The van der Waals surface area contributed by atoms with Crippen molar-refractivity contribution in [2.24, 2.45) is 0 Å². The van der Waals surface area contributed by atoms with Gasteiger partial charge in [0.05, 0.1) is 0 Å². The van der Waals surface area contributed by atoms with E-state index in [2.05, 4.69) is 34.7 Å². The molecule has 0 amide bonds. The van der Waals surface area contributed by atoms with Gasteiger partial charge in [-0.3, -0.25) is 9.36 Å². The van der Waals surface area contributed by atoms with Crippen LogP contribution in [0.3, 0.4) is 0 Å². The van der Waals surface area contributed by atoms with Crippen LogP contribution >= 0.6 is 22.6 Å². The normalized spacial score (nSPS) is 10.7. The predicted molar refractivity (Wildman–Crippen MR) is 117 cm³/mol. The van der Waals surface area contributed by atoms with E-state index in [9.17, 15) is 4.79 Å². The summed E-state index contributed by atoms with van der Waals surface area (Å²) < 4.78 is 3.08. The molecule has 0 N–H and O–H groups in total. The Morgan fingerprint density at radius 3 is 2.33 bits per heavy atom. The fourth-order valence-corrected chi connectivity index (χ4v) is 3.74. The van der Waals surface area contributed by atoms with Gasteiger partial charge in [-0.2, -0.15) is 0 Å². The van der Waals surface area contributed by atoms with E-state index in [1.54, 1.807) is 0 Å². The van der Waals surface area contributed by atoms with Crippen LogP contribution in [0.25, 0.3) is 28.3 Å². The summed E-state index contributed by atoms with van der Waals surface area (Å²) in [4.78, 5) is 17.0. The molecule has 0 unspecified atom stereocenters. The SMILES string of the molecule is Cc1cccc(-n2c(-c3cccc(I)c3)nc(-c3ccccc3)c2C=O)c1. The summed E-state index contributed by atoms with van der Waals surface area (Å²) in [6.07, 6.45) is 0.898. The number of rotatable bonds is 4. The van der Waals surface area contributed by atoms with Gasteiger partial charge in [-0.25, -0.2) is 4.98 Å². The van der Waals surface area contributed by atoms with Crippen LogP contribution in [0.5, 0.6) is 0 Å². The van der Waals surface area contributed by atoms with Crippen molar-refractivity contribution in [1.82, 2.24) is 9.55 Å². The summed E-state index contributed by atoms with van der Waals surface area (Å²) in [6, 6.07) is 26.1. The first-order chi connectivity index (χ1) is 13.2. The third-order valence-corrected chi connectivity index (χ3v) is 5.09. The van der Waals surface area contributed by atoms with Gasteiger partial charge in [-0.1, -0.05) is 54.6 Å². The topological polar surface area (TPSA) is 34.9 Å². The molecule has 0 atom stereocenters. The second-order valence-corrected chi connectivity index (χ2v) is 7.58. The standard InChI is InChI=1S/C23H17IN2O/c1-16-7-5-12-20(13-16)26-21(15-27)22(17-8-3-2-4-9-17)25-23(26)18-10-6-11-19(24)14-18/h2-15H,1H3. The zero-order valence-electron chi connectivity index (χ0n) is 14.8. The van der Waals surface area contributed by atoms with Gasteiger partial charge < -0.3 is 0 Å². The minimum absolute atomic E-state index is 0.556. The highest BCUT2D eigenvalue weighted by Gasteiger charge is 2.20. The van der Waals surface area contributed by atoms with Crippen LogP contribution in [0.4, 0.5) is 0 Å². The van der Waals surface area contributed by atoms with E-state index >= 15 is 0 Å². The molecule has 0 aliphatic rings. The molecule has 4 aromatic rings. The summed E-state index contributed by atoms with van der Waals surface area (Å²) in [5.41, 5.74) is 5.22. The highest BCUT2D eigenvalue weighted by molar-refractivity contribution is 14.1. The molecule has 27 heavy (non-hydrogen) atoms. The summed E-state index contributed by atoms with van der Waals surface area (Å²) in [7, 11) is 0. The molecule has 0 aliphatic carbocycles. The number of hydrogen-bond donors (Lipinski definition) is 0. The van der Waals surface area contributed by atoms with Gasteiger partial charge in [0.25, 0.3) is 0 Å². The fourth-order valence-electron chi connectivity index (χ4n) is 3.20. The summed E-state index contributed by atoms with van der Waals surface area (Å²) in [5.74, 6) is 0.764. The third-order valence-electron chi connectivity index (χ3n) is 4.41. The number of nitrogens with zero attached hydrogens (tertiary/aromatic N) is 2. The molecule has 0 spiro atoms. The fraction of sp³-hybridized carbons (Fsp3) is 0.0435. The number of aryl methyl sites for hydroxylation is 1. The Kier molecular flexibility index (Phi) is 4.90. The van der Waals surface area contributed by atoms with Crippen LogP contribution in [0.15, 0.2) is 78.9 Å². The van der Waals surface area contributed by atoms with Gasteiger partial charge >= 0.3 is 0 Å². The van der Waals surface area contributed by atoms with Crippen molar-refractivity contribution in [3.05, 3.63) is 93.7 Å². The van der Waals surface area contributed by atoms with Gasteiger partial charge in [0.15, 0.2) is 6.29 Å². The van der Waals surface area contributed by atoms with E-state index in [-0.39, 0.29) is 0 Å². The zero-order valence-corrected chi connectivity index (χ0v) is 16.9. The van der Waals surface area contributed by atoms with Crippen molar-refractivity contribution in [2.45, 2.75) is 6.92 Å². The van der Waals surface area contributed by atoms with Crippen molar-refractivity contribution in [3.8, 4) is 28.3 Å². The first kappa shape index (κ1) is 17.7. The average Bonchev–Trinajstić information content (AvgIpc) is 3.08. The summed E-state index contributed by atoms with van der Waals surface area (Å²) in [6.45, 7) is 2.05. The van der Waals surface area contributed by atoms with Crippen molar-refractivity contribution < 1.29 is 4.79 Å². The molecule has 0 fully saturated rings. The molecule has 0 radical (unpaired) electrons. The molecule has 4 heteroatoms. The molecule has 0 saturated heterocycles. The summed E-state index contributed by atoms with van der Waals surface area (Å²) >= 11 is 2.29. The molecule has 0 saturated carbocycles. The third kappa shape index (κ3) is 3.45. The van der Waals surface area contributed by atoms with Crippen LogP contribution in [0.2, 0.25) is 0 Å². The number of imidazole rings is 1. The lowest BCUT2D eigenvalue weighted by molar-refractivity contribution is 0.111. The largest absolute Gasteiger partial charge is 0.296 e. The van der Waals surface area contributed by atoms with Crippen LogP contribution in [0, 0.1) is 10.5 Å². The predicted octanol–water partition coefficient (Wildman–Crippen LogP) is 5.93. The smallest absolute Gasteiger partial charge is 0.169 e. The molecule has 132 valence electrons. The van der Waals surface area contributed by atoms with Crippen LogP contribution in [0.1, 0.15) is 16.1 Å². The van der Waals surface area contributed by atoms with Gasteiger partial charge in [0, 0.05) is 20.4 Å². The van der Waals surface area contributed by atoms with Crippen LogP contribution < -0.4 is 0 Å². The first-order valence-electron chi connectivity index (χ1n) is 8.63. The number of aromatic nitrogens is 2. The minimum atomic E-state index is 0.556. The summed E-state index contributed by atoms with van der Waals surface area (Å²) in [5, 5.41) is 0. The molecule has 1 aromatic heterocycles. The van der Waals surface area contributed by atoms with E-state index in [0.717, 1.165) is 38.1 Å². The monoisotopic (exact) mass is 464 g/mol. The van der Waals surface area contributed by atoms with Crippen molar-refractivity contribution in [1.29, 1.82) is 0 Å². The maximum Gasteiger partial charge on any atom is 0.169 e. The van der Waals surface area contributed by atoms with E-state index in [4.69, 9.17) is 4.98 Å². The maximum absolute atomic E-state index is 12.1.